The third-order valence-corrected chi connectivity index (χ3v) is 2.58. The molecule has 1 N–H and O–H groups in total. The van der Waals surface area contributed by atoms with Crippen LogP contribution >= 0.6 is 0 Å². The average molecular weight is 312 g/mol. The summed E-state index contributed by atoms with van der Waals surface area (Å²) in [7, 11) is 0. The van der Waals surface area contributed by atoms with Gasteiger partial charge in [-0.15, -0.1) is 0 Å². The quantitative estimate of drug-likeness (QED) is 0.433. The maximum Gasteiger partial charge on any atom is 1.00 e. The fourth-order valence-corrected chi connectivity index (χ4v) is 1.77. The van der Waals surface area contributed by atoms with Crippen LogP contribution in [0.15, 0.2) is 18.2 Å². The Hall–Kier alpha value is -0.280. The van der Waals surface area contributed by atoms with E-state index >= 15 is 0 Å². The largest absolute Gasteiger partial charge is 1.00 e. The van der Waals surface area contributed by atoms with Crippen molar-refractivity contribution in [2.75, 3.05) is 0 Å². The summed E-state index contributed by atoms with van der Waals surface area (Å²) in [6.07, 6.45) is -0.298. The van der Waals surface area contributed by atoms with Crippen molar-refractivity contribution in [2.24, 2.45) is 0 Å². The molecule has 1 aliphatic heterocycles. The fraction of sp³-hybridized carbons (Fsp3) is 0.333. The molecule has 0 fully saturated rings. The number of carboxylic acids is 2. The van der Waals surface area contributed by atoms with E-state index in [0.717, 1.165) is 0 Å². The minimum atomic E-state index is -2.97. The van der Waals surface area contributed by atoms with Crippen LogP contribution in [0, 0.1) is 0 Å². The molecule has 9 heteroatoms. The summed E-state index contributed by atoms with van der Waals surface area (Å²) in [5.41, 5.74) is 0.643. The van der Waals surface area contributed by atoms with Gasteiger partial charge in [0.1, 0.15) is 11.9 Å². The van der Waals surface area contributed by atoms with E-state index in [0.29, 0.717) is 12.0 Å². The van der Waals surface area contributed by atoms with Crippen LogP contribution in [-0.2, 0) is 16.0 Å². The van der Waals surface area contributed by atoms with Gasteiger partial charge in [-0.25, -0.2) is 0 Å². The van der Waals surface area contributed by atoms with Crippen LogP contribution in [0.1, 0.15) is 12.5 Å². The van der Waals surface area contributed by atoms with E-state index in [2.05, 4.69) is 0 Å². The number of fused-ring (bicyclic) bond motifs is 1. The van der Waals surface area contributed by atoms with Crippen molar-refractivity contribution in [3.63, 3.8) is 0 Å². The van der Waals surface area contributed by atoms with Gasteiger partial charge in [-0.3, -0.25) is 0 Å². The molecule has 0 radical (unpaired) electrons. The zero-order valence-electron chi connectivity index (χ0n) is 11.9. The molecule has 0 amide bonds. The molecule has 0 spiro atoms. The minimum absolute atomic E-state index is 0. The molecule has 1 aromatic carbocycles. The van der Waals surface area contributed by atoms with E-state index < -0.39 is 23.8 Å². The number of rotatable bonds is 4. The van der Waals surface area contributed by atoms with E-state index in [1.54, 1.807) is 13.0 Å². The predicted molar refractivity (Wildman–Crippen MR) is 55.8 cm³/mol. The Morgan fingerprint density at radius 1 is 1.19 bits per heavy atom. The van der Waals surface area contributed by atoms with E-state index in [9.17, 15) is 24.9 Å². The summed E-state index contributed by atoms with van der Waals surface area (Å²) >= 11 is 0. The summed E-state index contributed by atoms with van der Waals surface area (Å²) in [5, 5.41) is 31.0. The molecule has 2 rings (SSSR count). The topological polar surface area (TPSA) is 119 Å². The van der Waals surface area contributed by atoms with E-state index in [-0.39, 0.29) is 70.6 Å². The molecule has 1 heterocycles. The third kappa shape index (κ3) is 4.13. The van der Waals surface area contributed by atoms with Gasteiger partial charge in [-0.1, -0.05) is 6.07 Å². The first-order chi connectivity index (χ1) is 8.85. The van der Waals surface area contributed by atoms with Gasteiger partial charge in [-0.2, -0.15) is 0 Å². The van der Waals surface area contributed by atoms with E-state index in [1.165, 1.54) is 12.1 Å². The summed E-state index contributed by atoms with van der Waals surface area (Å²) in [6.45, 7) is 1.58. The van der Waals surface area contributed by atoms with Crippen LogP contribution in [0.5, 0.6) is 11.5 Å². The van der Waals surface area contributed by atoms with Gasteiger partial charge >= 0.3 is 64.9 Å². The standard InChI is InChI=1S/C12H12O7.2Na/c1-6(13)4-7-2-3-8-9(5-7)19-12(18-8,10(14)15)11(16)17;;/h2-3,5-6,13H,4H2,1H3,(H,14,15)(H,16,17);;/q;2*+1/p-2/t6-;;/m0../s1. The second kappa shape index (κ2) is 7.82. The Labute approximate surface area is 164 Å². The molecule has 1 atom stereocenters. The first kappa shape index (κ1) is 20.7. The number of aliphatic hydroxyl groups is 1. The summed E-state index contributed by atoms with van der Waals surface area (Å²) in [4.78, 5) is 21.7. The smallest absolute Gasteiger partial charge is 0.542 e. The molecule has 0 aliphatic carbocycles. The van der Waals surface area contributed by atoms with Crippen LogP contribution in [0.3, 0.4) is 0 Å². The number of benzene rings is 1. The molecule has 0 aromatic heterocycles. The summed E-state index contributed by atoms with van der Waals surface area (Å²) in [6, 6.07) is 4.33. The Morgan fingerprint density at radius 2 is 1.71 bits per heavy atom. The Morgan fingerprint density at radius 3 is 2.19 bits per heavy atom. The first-order valence-corrected chi connectivity index (χ1v) is 5.47. The van der Waals surface area contributed by atoms with Gasteiger partial charge in [0.25, 0.3) is 0 Å². The van der Waals surface area contributed by atoms with Crippen molar-refractivity contribution in [3.8, 4) is 11.5 Å². The van der Waals surface area contributed by atoms with E-state index in [1.807, 2.05) is 0 Å². The zero-order chi connectivity index (χ0) is 14.2. The molecule has 0 bridgehead atoms. The predicted octanol–water partition coefficient (Wildman–Crippen LogP) is -8.41. The van der Waals surface area contributed by atoms with E-state index in [4.69, 9.17) is 9.47 Å². The van der Waals surface area contributed by atoms with Gasteiger partial charge in [0.05, 0.1) is 6.10 Å². The van der Waals surface area contributed by atoms with Crippen LogP contribution < -0.4 is 78.8 Å². The van der Waals surface area contributed by atoms with Gasteiger partial charge in [0, 0.05) is 0 Å². The van der Waals surface area contributed by atoms with Crippen molar-refractivity contribution < 1.29 is 93.5 Å². The average Bonchev–Trinajstić information content (AvgIpc) is 2.68. The molecule has 0 saturated heterocycles. The zero-order valence-corrected chi connectivity index (χ0v) is 15.9. The maximum atomic E-state index is 10.9. The Kier molecular flexibility index (Phi) is 7.72. The molecule has 21 heavy (non-hydrogen) atoms. The number of carbonyl (C=O) groups excluding carboxylic acids is 2. The van der Waals surface area contributed by atoms with Crippen molar-refractivity contribution in [1.82, 2.24) is 0 Å². The Balaban J connectivity index is 0.00000200. The number of hydrogen-bond donors (Lipinski definition) is 1. The van der Waals surface area contributed by atoms with Crippen molar-refractivity contribution >= 4 is 11.9 Å². The molecule has 0 saturated carbocycles. The number of carbonyl (C=O) groups is 2. The van der Waals surface area contributed by atoms with Gasteiger partial charge in [0.2, 0.25) is 0 Å². The molecule has 0 unspecified atom stereocenters. The number of hydrogen-bond acceptors (Lipinski definition) is 7. The van der Waals surface area contributed by atoms with Crippen LogP contribution in [-0.4, -0.2) is 28.9 Å². The summed E-state index contributed by atoms with van der Waals surface area (Å²) in [5.74, 6) is -7.16. The van der Waals surface area contributed by atoms with Crippen LogP contribution in [0.2, 0.25) is 0 Å². The molecule has 1 aromatic rings. The Bertz CT molecular complexity index is 530. The molecule has 7 nitrogen and oxygen atoms in total. The van der Waals surface area contributed by atoms with Gasteiger partial charge in [0.15, 0.2) is 11.5 Å². The SMILES string of the molecule is C[C@H](O)Cc1ccc2c(c1)OC(C(=O)[O-])(C(=O)[O-])O2.[Na+].[Na+]. The van der Waals surface area contributed by atoms with Crippen molar-refractivity contribution in [2.45, 2.75) is 25.2 Å². The number of aliphatic hydroxyl groups excluding tert-OH is 1. The molecular weight excluding hydrogens is 302 g/mol. The van der Waals surface area contributed by atoms with Crippen LogP contribution in [0.4, 0.5) is 0 Å². The van der Waals surface area contributed by atoms with Gasteiger partial charge in [-0.05, 0) is 31.0 Å². The number of aliphatic carboxylic acids is 2. The maximum absolute atomic E-state index is 10.9. The van der Waals surface area contributed by atoms with Gasteiger partial charge < -0.3 is 34.4 Å². The minimum Gasteiger partial charge on any atom is -0.542 e. The van der Waals surface area contributed by atoms with Crippen LogP contribution in [0.25, 0.3) is 0 Å². The van der Waals surface area contributed by atoms with Crippen molar-refractivity contribution in [1.29, 1.82) is 0 Å². The fourth-order valence-electron chi connectivity index (χ4n) is 1.77. The molecule has 1 aliphatic rings. The van der Waals surface area contributed by atoms with Crippen molar-refractivity contribution in [3.05, 3.63) is 23.8 Å². The second-order valence-electron chi connectivity index (χ2n) is 4.23. The number of carboxylic acid groups (broad SMARTS) is 2. The number of ether oxygens (including phenoxy) is 2. The normalized spacial score (nSPS) is 15.3. The molecule has 102 valence electrons. The second-order valence-corrected chi connectivity index (χ2v) is 4.23. The third-order valence-electron chi connectivity index (χ3n) is 2.58. The molecular formula is C12H10Na2O7. The summed E-state index contributed by atoms with van der Waals surface area (Å²) < 4.78 is 9.58. The monoisotopic (exact) mass is 312 g/mol. The first-order valence-electron chi connectivity index (χ1n) is 5.47.